The second-order valence-corrected chi connectivity index (χ2v) is 3.48. The van der Waals surface area contributed by atoms with Crippen molar-refractivity contribution in [3.8, 4) is 17.6 Å². The van der Waals surface area contributed by atoms with Gasteiger partial charge in [-0.2, -0.15) is 8.78 Å². The van der Waals surface area contributed by atoms with Gasteiger partial charge in [0.15, 0.2) is 0 Å². The average molecular weight is 245 g/mol. The normalized spacial score (nSPS) is 9.81. The van der Waals surface area contributed by atoms with Crippen LogP contribution in [0.25, 0.3) is 0 Å². The van der Waals surface area contributed by atoms with Crippen molar-refractivity contribution < 1.29 is 13.5 Å². The van der Waals surface area contributed by atoms with E-state index in [1.807, 2.05) is 0 Å². The molecule has 0 fully saturated rings. The Hall–Kier alpha value is -1.27. The maximum absolute atomic E-state index is 12.0. The lowest BCUT2D eigenvalue weighted by Gasteiger charge is -2.07. The molecule has 0 amide bonds. The SMILES string of the molecule is Cc1cc(C#CCCCl)ccc1OC(F)F. The summed E-state index contributed by atoms with van der Waals surface area (Å²) in [4.78, 5) is 0. The van der Waals surface area contributed by atoms with Crippen LogP contribution in [0.2, 0.25) is 0 Å². The van der Waals surface area contributed by atoms with Gasteiger partial charge in [-0.05, 0) is 30.7 Å². The van der Waals surface area contributed by atoms with Crippen molar-refractivity contribution in [2.75, 3.05) is 5.88 Å². The molecule has 1 rings (SSSR count). The Morgan fingerprint density at radius 1 is 1.44 bits per heavy atom. The highest BCUT2D eigenvalue weighted by Gasteiger charge is 2.06. The number of hydrogen-bond acceptors (Lipinski definition) is 1. The van der Waals surface area contributed by atoms with Gasteiger partial charge in [-0.3, -0.25) is 0 Å². The first kappa shape index (κ1) is 12.8. The number of rotatable bonds is 3. The standard InChI is InChI=1S/C12H11ClF2O/c1-9-8-10(4-2-3-7-13)5-6-11(9)16-12(14)15/h5-6,8,12H,3,7H2,1H3. The summed E-state index contributed by atoms with van der Waals surface area (Å²) in [5.41, 5.74) is 1.40. The molecule has 4 heteroatoms. The van der Waals surface area contributed by atoms with Gasteiger partial charge >= 0.3 is 6.61 Å². The van der Waals surface area contributed by atoms with Gasteiger partial charge in [-0.25, -0.2) is 0 Å². The molecule has 0 aliphatic carbocycles. The van der Waals surface area contributed by atoms with E-state index in [0.717, 1.165) is 5.56 Å². The first-order chi connectivity index (χ1) is 7.63. The lowest BCUT2D eigenvalue weighted by molar-refractivity contribution is -0.0502. The van der Waals surface area contributed by atoms with Gasteiger partial charge in [0, 0.05) is 17.9 Å². The van der Waals surface area contributed by atoms with E-state index < -0.39 is 6.61 Å². The van der Waals surface area contributed by atoms with Gasteiger partial charge < -0.3 is 4.74 Å². The van der Waals surface area contributed by atoms with E-state index in [4.69, 9.17) is 11.6 Å². The van der Waals surface area contributed by atoms with Gasteiger partial charge in [0.1, 0.15) is 5.75 Å². The fraction of sp³-hybridized carbons (Fsp3) is 0.333. The zero-order valence-electron chi connectivity index (χ0n) is 8.77. The van der Waals surface area contributed by atoms with Crippen LogP contribution in [0.4, 0.5) is 8.78 Å². The quantitative estimate of drug-likeness (QED) is 0.583. The molecule has 0 saturated carbocycles. The van der Waals surface area contributed by atoms with Crippen molar-refractivity contribution in [3.63, 3.8) is 0 Å². The largest absolute Gasteiger partial charge is 0.435 e. The van der Waals surface area contributed by atoms with E-state index in [0.29, 0.717) is 17.9 Å². The van der Waals surface area contributed by atoms with Gasteiger partial charge in [-0.15, -0.1) is 11.6 Å². The Labute approximate surface area is 98.4 Å². The molecule has 16 heavy (non-hydrogen) atoms. The number of halogens is 3. The third-order valence-corrected chi connectivity index (χ3v) is 2.03. The molecule has 0 aromatic heterocycles. The van der Waals surface area contributed by atoms with Crippen LogP contribution >= 0.6 is 11.6 Å². The molecular formula is C12H11ClF2O. The summed E-state index contributed by atoms with van der Waals surface area (Å²) in [6.07, 6.45) is 0.607. The number of ether oxygens (including phenoxy) is 1. The van der Waals surface area contributed by atoms with Gasteiger partial charge in [-0.1, -0.05) is 11.8 Å². The van der Waals surface area contributed by atoms with Crippen molar-refractivity contribution in [2.45, 2.75) is 20.0 Å². The van der Waals surface area contributed by atoms with Crippen molar-refractivity contribution in [1.82, 2.24) is 0 Å². The van der Waals surface area contributed by atoms with Crippen LogP contribution in [0.15, 0.2) is 18.2 Å². The Morgan fingerprint density at radius 3 is 2.75 bits per heavy atom. The second-order valence-electron chi connectivity index (χ2n) is 3.10. The lowest BCUT2D eigenvalue weighted by atomic mass is 10.1. The first-order valence-corrected chi connectivity index (χ1v) is 5.27. The van der Waals surface area contributed by atoms with E-state index in [2.05, 4.69) is 16.6 Å². The Balaban J connectivity index is 2.79. The molecule has 0 aliphatic heterocycles. The minimum absolute atomic E-state index is 0.179. The molecule has 0 saturated heterocycles. The fourth-order valence-electron chi connectivity index (χ4n) is 1.17. The molecule has 86 valence electrons. The minimum Gasteiger partial charge on any atom is -0.435 e. The van der Waals surface area contributed by atoms with Gasteiger partial charge in [0.25, 0.3) is 0 Å². The molecule has 1 aromatic rings. The fourth-order valence-corrected chi connectivity index (χ4v) is 1.26. The summed E-state index contributed by atoms with van der Waals surface area (Å²) in [6, 6.07) is 4.84. The maximum atomic E-state index is 12.0. The van der Waals surface area contributed by atoms with Gasteiger partial charge in [0.05, 0.1) is 0 Å². The number of hydrogen-bond donors (Lipinski definition) is 0. The number of aryl methyl sites for hydroxylation is 1. The third-order valence-electron chi connectivity index (χ3n) is 1.84. The van der Waals surface area contributed by atoms with E-state index in [1.165, 1.54) is 6.07 Å². The topological polar surface area (TPSA) is 9.23 Å². The van der Waals surface area contributed by atoms with Crippen LogP contribution in [0.1, 0.15) is 17.5 Å². The molecule has 1 aromatic carbocycles. The first-order valence-electron chi connectivity index (χ1n) is 4.74. The molecular weight excluding hydrogens is 234 g/mol. The molecule has 0 N–H and O–H groups in total. The van der Waals surface area contributed by atoms with Crippen molar-refractivity contribution in [3.05, 3.63) is 29.3 Å². The maximum Gasteiger partial charge on any atom is 0.387 e. The predicted octanol–water partition coefficient (Wildman–Crippen LogP) is 3.58. The smallest absolute Gasteiger partial charge is 0.387 e. The summed E-state index contributed by atoms with van der Waals surface area (Å²) >= 11 is 5.48. The lowest BCUT2D eigenvalue weighted by Crippen LogP contribution is -2.03. The zero-order chi connectivity index (χ0) is 12.0. The van der Waals surface area contributed by atoms with Gasteiger partial charge in [0.2, 0.25) is 0 Å². The zero-order valence-corrected chi connectivity index (χ0v) is 9.52. The van der Waals surface area contributed by atoms with Crippen molar-refractivity contribution in [1.29, 1.82) is 0 Å². The molecule has 0 unspecified atom stereocenters. The third kappa shape index (κ3) is 4.08. The Bertz CT molecular complexity index is 407. The molecule has 0 atom stereocenters. The molecule has 0 heterocycles. The molecule has 1 nitrogen and oxygen atoms in total. The van der Waals surface area contributed by atoms with Crippen molar-refractivity contribution in [2.24, 2.45) is 0 Å². The van der Waals surface area contributed by atoms with E-state index >= 15 is 0 Å². The average Bonchev–Trinajstić information content (AvgIpc) is 2.22. The van der Waals surface area contributed by atoms with E-state index in [1.54, 1.807) is 19.1 Å². The molecule has 0 aliphatic rings. The molecule has 0 bridgehead atoms. The van der Waals surface area contributed by atoms with Crippen LogP contribution < -0.4 is 4.74 Å². The van der Waals surface area contributed by atoms with E-state index in [9.17, 15) is 8.78 Å². The summed E-state index contributed by atoms with van der Waals surface area (Å²) in [6.45, 7) is -1.10. The molecule has 0 radical (unpaired) electrons. The highest BCUT2D eigenvalue weighted by atomic mass is 35.5. The predicted molar refractivity (Wildman–Crippen MR) is 60.0 cm³/mol. The van der Waals surface area contributed by atoms with Crippen LogP contribution in [0, 0.1) is 18.8 Å². The van der Waals surface area contributed by atoms with Crippen molar-refractivity contribution >= 4 is 11.6 Å². The number of alkyl halides is 3. The summed E-state index contributed by atoms with van der Waals surface area (Å²) < 4.78 is 28.3. The summed E-state index contributed by atoms with van der Waals surface area (Å²) in [5.74, 6) is 6.42. The second kappa shape index (κ2) is 6.34. The highest BCUT2D eigenvalue weighted by Crippen LogP contribution is 2.20. The Kier molecular flexibility index (Phi) is 5.07. The summed E-state index contributed by atoms with van der Waals surface area (Å²) in [5, 5.41) is 0. The van der Waals surface area contributed by atoms with E-state index in [-0.39, 0.29) is 5.75 Å². The van der Waals surface area contributed by atoms with Crippen LogP contribution in [-0.2, 0) is 0 Å². The van der Waals surface area contributed by atoms with Crippen LogP contribution in [0.5, 0.6) is 5.75 Å². The number of benzene rings is 1. The van der Waals surface area contributed by atoms with Crippen LogP contribution in [0.3, 0.4) is 0 Å². The summed E-state index contributed by atoms with van der Waals surface area (Å²) in [7, 11) is 0. The monoisotopic (exact) mass is 244 g/mol. The van der Waals surface area contributed by atoms with Crippen LogP contribution in [-0.4, -0.2) is 12.5 Å². The minimum atomic E-state index is -2.80. The Morgan fingerprint density at radius 2 is 2.19 bits per heavy atom. The molecule has 0 spiro atoms. The highest BCUT2D eigenvalue weighted by molar-refractivity contribution is 6.18.